The van der Waals surface area contributed by atoms with Gasteiger partial charge in [0.15, 0.2) is 0 Å². The Bertz CT molecular complexity index is 526. The van der Waals surface area contributed by atoms with Gasteiger partial charge < -0.3 is 19.4 Å². The zero-order valence-electron chi connectivity index (χ0n) is 13.8. The maximum Gasteiger partial charge on any atom is 0.318 e. The minimum atomic E-state index is -0.0865. The standard InChI is InChI=1S/C17H26N2O3/c1-11(13-8-6-9-21-13)19(4)16(20)18-14-12-7-5-10-22-15(12)17(14,2)3/h6,8-9,11-12,14-15H,5,7,10H2,1-4H3,(H,18,20)/t11-,12-,14-,15-/m1/s1. The molecule has 0 aromatic carbocycles. The van der Waals surface area contributed by atoms with E-state index in [9.17, 15) is 4.79 Å². The first-order valence-corrected chi connectivity index (χ1v) is 8.11. The molecule has 22 heavy (non-hydrogen) atoms. The highest BCUT2D eigenvalue weighted by molar-refractivity contribution is 5.75. The number of hydrogen-bond acceptors (Lipinski definition) is 3. The van der Waals surface area contributed by atoms with Gasteiger partial charge in [0.1, 0.15) is 5.76 Å². The predicted molar refractivity (Wildman–Crippen MR) is 83.5 cm³/mol. The van der Waals surface area contributed by atoms with E-state index < -0.39 is 0 Å². The van der Waals surface area contributed by atoms with Crippen molar-refractivity contribution in [3.05, 3.63) is 24.2 Å². The summed E-state index contributed by atoms with van der Waals surface area (Å²) in [7, 11) is 1.81. The van der Waals surface area contributed by atoms with Crippen LogP contribution in [0.2, 0.25) is 0 Å². The Morgan fingerprint density at radius 1 is 1.50 bits per heavy atom. The number of fused-ring (bicyclic) bond motifs is 1. The summed E-state index contributed by atoms with van der Waals surface area (Å²) in [4.78, 5) is 14.3. The molecule has 1 saturated carbocycles. The Labute approximate surface area is 132 Å². The molecule has 5 nitrogen and oxygen atoms in total. The second-order valence-electron chi connectivity index (χ2n) is 7.15. The number of furan rings is 1. The fourth-order valence-electron chi connectivity index (χ4n) is 3.95. The van der Waals surface area contributed by atoms with Gasteiger partial charge in [-0.3, -0.25) is 0 Å². The normalized spacial score (nSPS) is 30.8. The molecule has 4 atom stereocenters. The highest BCUT2D eigenvalue weighted by atomic mass is 16.5. The number of nitrogens with zero attached hydrogens (tertiary/aromatic N) is 1. The van der Waals surface area contributed by atoms with Crippen LogP contribution in [0.15, 0.2) is 22.8 Å². The van der Waals surface area contributed by atoms with E-state index in [0.717, 1.165) is 25.2 Å². The lowest BCUT2D eigenvalue weighted by molar-refractivity contribution is -0.189. The van der Waals surface area contributed by atoms with E-state index in [1.807, 2.05) is 26.1 Å². The van der Waals surface area contributed by atoms with Crippen LogP contribution in [0.3, 0.4) is 0 Å². The van der Waals surface area contributed by atoms with E-state index in [1.54, 1.807) is 11.2 Å². The van der Waals surface area contributed by atoms with Crippen LogP contribution >= 0.6 is 0 Å². The van der Waals surface area contributed by atoms with Crippen LogP contribution in [-0.4, -0.2) is 36.7 Å². The highest BCUT2D eigenvalue weighted by Gasteiger charge is 2.58. The Hall–Kier alpha value is -1.49. The van der Waals surface area contributed by atoms with E-state index in [4.69, 9.17) is 9.15 Å². The summed E-state index contributed by atoms with van der Waals surface area (Å²) >= 11 is 0. The third kappa shape index (κ3) is 2.41. The van der Waals surface area contributed by atoms with Crippen molar-refractivity contribution in [3.8, 4) is 0 Å². The van der Waals surface area contributed by atoms with Crippen LogP contribution in [0, 0.1) is 11.3 Å². The number of rotatable bonds is 3. The second kappa shape index (κ2) is 5.61. The highest BCUT2D eigenvalue weighted by Crippen LogP contribution is 2.51. The fraction of sp³-hybridized carbons (Fsp3) is 0.706. The largest absolute Gasteiger partial charge is 0.467 e. The first-order chi connectivity index (χ1) is 10.4. The second-order valence-corrected chi connectivity index (χ2v) is 7.15. The van der Waals surface area contributed by atoms with Gasteiger partial charge in [-0.05, 0) is 31.9 Å². The minimum absolute atomic E-state index is 0.00446. The molecule has 0 spiro atoms. The Morgan fingerprint density at radius 2 is 2.27 bits per heavy atom. The van der Waals surface area contributed by atoms with Gasteiger partial charge in [0.05, 0.1) is 18.4 Å². The predicted octanol–water partition coefficient (Wildman–Crippen LogP) is 3.19. The van der Waals surface area contributed by atoms with Gasteiger partial charge in [-0.25, -0.2) is 4.79 Å². The Balaban J connectivity index is 1.64. The maximum absolute atomic E-state index is 12.6. The van der Waals surface area contributed by atoms with Crippen molar-refractivity contribution < 1.29 is 13.9 Å². The smallest absolute Gasteiger partial charge is 0.318 e. The van der Waals surface area contributed by atoms with E-state index >= 15 is 0 Å². The third-order valence-corrected chi connectivity index (χ3v) is 5.47. The summed E-state index contributed by atoms with van der Waals surface area (Å²) in [5.74, 6) is 1.24. The van der Waals surface area contributed by atoms with Gasteiger partial charge in [-0.2, -0.15) is 0 Å². The Morgan fingerprint density at radius 3 is 2.95 bits per heavy atom. The molecule has 1 aromatic rings. The topological polar surface area (TPSA) is 54.7 Å². The van der Waals surface area contributed by atoms with E-state index in [2.05, 4.69) is 19.2 Å². The first-order valence-electron chi connectivity index (χ1n) is 8.11. The molecule has 1 aliphatic heterocycles. The van der Waals surface area contributed by atoms with Gasteiger partial charge in [-0.15, -0.1) is 0 Å². The molecule has 1 aromatic heterocycles. The zero-order chi connectivity index (χ0) is 15.9. The van der Waals surface area contributed by atoms with Crippen LogP contribution in [0.1, 0.15) is 45.4 Å². The van der Waals surface area contributed by atoms with E-state index in [-0.39, 0.29) is 29.6 Å². The van der Waals surface area contributed by atoms with Gasteiger partial charge in [0.2, 0.25) is 0 Å². The van der Waals surface area contributed by atoms with Crippen LogP contribution in [-0.2, 0) is 4.74 Å². The number of nitrogens with one attached hydrogen (secondary N) is 1. The van der Waals surface area contributed by atoms with Crippen LogP contribution < -0.4 is 5.32 Å². The Kier molecular flexibility index (Phi) is 3.93. The third-order valence-electron chi connectivity index (χ3n) is 5.47. The maximum atomic E-state index is 12.6. The monoisotopic (exact) mass is 306 g/mol. The molecule has 0 bridgehead atoms. The van der Waals surface area contributed by atoms with Crippen molar-refractivity contribution >= 4 is 6.03 Å². The molecule has 2 heterocycles. The summed E-state index contributed by atoms with van der Waals surface area (Å²) in [6.45, 7) is 7.18. The van der Waals surface area contributed by atoms with Gasteiger partial charge in [-0.1, -0.05) is 13.8 Å². The number of urea groups is 1. The molecule has 1 aliphatic carbocycles. The van der Waals surface area contributed by atoms with Crippen LogP contribution in [0.4, 0.5) is 4.79 Å². The average Bonchev–Trinajstić information content (AvgIpc) is 3.05. The molecule has 1 saturated heterocycles. The van der Waals surface area contributed by atoms with Crippen molar-refractivity contribution in [2.24, 2.45) is 11.3 Å². The van der Waals surface area contributed by atoms with Crippen molar-refractivity contribution in [2.45, 2.75) is 51.8 Å². The lowest BCUT2D eigenvalue weighted by Crippen LogP contribution is -2.70. The molecule has 2 fully saturated rings. The van der Waals surface area contributed by atoms with Gasteiger partial charge >= 0.3 is 6.03 Å². The molecule has 122 valence electrons. The summed E-state index contributed by atoms with van der Waals surface area (Å²) in [6, 6.07) is 3.78. The summed E-state index contributed by atoms with van der Waals surface area (Å²) < 4.78 is 11.3. The summed E-state index contributed by atoms with van der Waals surface area (Å²) in [5.41, 5.74) is -0.00446. The van der Waals surface area contributed by atoms with E-state index in [0.29, 0.717) is 5.92 Å². The van der Waals surface area contributed by atoms with Crippen LogP contribution in [0.5, 0.6) is 0 Å². The molecule has 2 amide bonds. The first kappa shape index (κ1) is 15.4. The quantitative estimate of drug-likeness (QED) is 0.933. The molecule has 0 unspecified atom stereocenters. The number of ether oxygens (including phenoxy) is 1. The van der Waals surface area contributed by atoms with Crippen LogP contribution in [0.25, 0.3) is 0 Å². The number of hydrogen-bond donors (Lipinski definition) is 1. The molecule has 2 aliphatic rings. The summed E-state index contributed by atoms with van der Waals surface area (Å²) in [5, 5.41) is 3.21. The lowest BCUT2D eigenvalue weighted by atomic mass is 9.55. The van der Waals surface area contributed by atoms with Crippen molar-refractivity contribution in [2.75, 3.05) is 13.7 Å². The molecular formula is C17H26N2O3. The summed E-state index contributed by atoms with van der Waals surface area (Å²) in [6.07, 6.45) is 4.13. The van der Waals surface area contributed by atoms with Gasteiger partial charge in [0, 0.05) is 31.0 Å². The van der Waals surface area contributed by atoms with Crippen molar-refractivity contribution in [1.82, 2.24) is 10.2 Å². The average molecular weight is 306 g/mol. The minimum Gasteiger partial charge on any atom is -0.467 e. The van der Waals surface area contributed by atoms with Crippen molar-refractivity contribution in [1.29, 1.82) is 0 Å². The fourth-order valence-corrected chi connectivity index (χ4v) is 3.95. The van der Waals surface area contributed by atoms with E-state index in [1.165, 1.54) is 0 Å². The zero-order valence-corrected chi connectivity index (χ0v) is 13.8. The number of carbonyl (C=O) groups excluding carboxylic acids is 1. The molecule has 5 heteroatoms. The van der Waals surface area contributed by atoms with Crippen molar-refractivity contribution in [3.63, 3.8) is 0 Å². The lowest BCUT2D eigenvalue weighted by Gasteiger charge is -2.60. The van der Waals surface area contributed by atoms with Gasteiger partial charge in [0.25, 0.3) is 0 Å². The molecule has 0 radical (unpaired) electrons. The molecular weight excluding hydrogens is 280 g/mol. The molecule has 3 rings (SSSR count). The SMILES string of the molecule is C[C@H](c1ccco1)N(C)C(=O)N[C@@H]1[C@H]2CCCO[C@H]2C1(C)C. The number of amides is 2. The molecule has 1 N–H and O–H groups in total. The number of carbonyl (C=O) groups is 1.